The van der Waals surface area contributed by atoms with Crippen LogP contribution in [0, 0.1) is 0 Å². The normalized spacial score (nSPS) is 17.2. The van der Waals surface area contributed by atoms with Crippen LogP contribution in [0.1, 0.15) is 36.5 Å². The van der Waals surface area contributed by atoms with Crippen molar-refractivity contribution in [3.05, 3.63) is 42.2 Å². The van der Waals surface area contributed by atoms with Gasteiger partial charge < -0.3 is 14.7 Å². The lowest BCUT2D eigenvalue weighted by molar-refractivity contribution is 0.0697. The zero-order valence-electron chi connectivity index (χ0n) is 14.3. The maximum absolute atomic E-state index is 10.9. The number of nitrogens with zero attached hydrogens (tertiary/aromatic N) is 3. The summed E-state index contributed by atoms with van der Waals surface area (Å²) in [5, 5.41) is 13.0. The lowest BCUT2D eigenvalue weighted by Gasteiger charge is -2.20. The van der Waals surface area contributed by atoms with E-state index in [4.69, 9.17) is 9.84 Å². The molecule has 2 aromatic rings. The van der Waals surface area contributed by atoms with Crippen molar-refractivity contribution >= 4 is 18.4 Å². The van der Waals surface area contributed by atoms with Crippen molar-refractivity contribution in [3.8, 4) is 11.4 Å². The molecule has 0 saturated carbocycles. The predicted molar refractivity (Wildman–Crippen MR) is 98.2 cm³/mol. The summed E-state index contributed by atoms with van der Waals surface area (Å²) < 4.78 is 7.33. The number of carboxylic acids is 1. The van der Waals surface area contributed by atoms with Crippen LogP contribution in [0.5, 0.6) is 5.75 Å². The largest absolute Gasteiger partial charge is 0.494 e. The van der Waals surface area contributed by atoms with E-state index in [0.717, 1.165) is 24.4 Å². The molecule has 136 valence electrons. The minimum absolute atomic E-state index is 0. The predicted octanol–water partition coefficient (Wildman–Crippen LogP) is 3.25. The van der Waals surface area contributed by atoms with E-state index in [-0.39, 0.29) is 18.0 Å². The molecule has 0 bridgehead atoms. The topological polar surface area (TPSA) is 67.6 Å². The molecule has 7 heteroatoms. The first kappa shape index (κ1) is 19.3. The maximum atomic E-state index is 10.9. The van der Waals surface area contributed by atoms with Crippen molar-refractivity contribution in [2.45, 2.75) is 32.2 Å². The molecule has 1 atom stereocenters. The van der Waals surface area contributed by atoms with Gasteiger partial charge in [-0.3, -0.25) is 0 Å². The van der Waals surface area contributed by atoms with Gasteiger partial charge in [0.1, 0.15) is 5.75 Å². The fraction of sp³-hybridized carbons (Fsp3) is 0.444. The number of halogens is 1. The molecule has 1 fully saturated rings. The highest BCUT2D eigenvalue weighted by molar-refractivity contribution is 5.87. The fourth-order valence-electron chi connectivity index (χ4n) is 3.05. The van der Waals surface area contributed by atoms with Gasteiger partial charge in [-0.2, -0.15) is 5.10 Å². The van der Waals surface area contributed by atoms with Gasteiger partial charge in [0.15, 0.2) is 0 Å². The molecule has 1 aromatic carbocycles. The Kier molecular flexibility index (Phi) is 6.84. The Morgan fingerprint density at radius 3 is 2.72 bits per heavy atom. The van der Waals surface area contributed by atoms with Crippen LogP contribution >= 0.6 is 12.4 Å². The van der Waals surface area contributed by atoms with Gasteiger partial charge in [-0.05, 0) is 57.0 Å². The van der Waals surface area contributed by atoms with Crippen molar-refractivity contribution in [1.82, 2.24) is 14.7 Å². The van der Waals surface area contributed by atoms with Crippen molar-refractivity contribution in [2.24, 2.45) is 0 Å². The van der Waals surface area contributed by atoms with Gasteiger partial charge in [-0.15, -0.1) is 12.4 Å². The van der Waals surface area contributed by atoms with E-state index in [1.807, 2.05) is 24.3 Å². The number of ether oxygens (including phenoxy) is 1. The standard InChI is InChI=1S/C18H23N3O3.ClH/c1-14-4-2-9-20(14)10-3-11-24-17-7-5-16(6-8-17)21-13-15(12-19-21)18(22)23;/h5-8,12-14H,2-4,9-11H2,1H3,(H,22,23);1H/t14-;/m1./s1. The molecule has 3 rings (SSSR count). The molecular formula is C18H24ClN3O3. The Bertz CT molecular complexity index is 687. The monoisotopic (exact) mass is 365 g/mol. The van der Waals surface area contributed by atoms with E-state index >= 15 is 0 Å². The quantitative estimate of drug-likeness (QED) is 0.763. The van der Waals surface area contributed by atoms with Gasteiger partial charge in [0.25, 0.3) is 0 Å². The van der Waals surface area contributed by atoms with Gasteiger partial charge in [0, 0.05) is 18.8 Å². The lowest BCUT2D eigenvalue weighted by atomic mass is 10.2. The van der Waals surface area contributed by atoms with Crippen molar-refractivity contribution < 1.29 is 14.6 Å². The number of hydrogen-bond acceptors (Lipinski definition) is 4. The molecule has 1 aliphatic heterocycles. The highest BCUT2D eigenvalue weighted by atomic mass is 35.5. The molecule has 25 heavy (non-hydrogen) atoms. The van der Waals surface area contributed by atoms with Crippen molar-refractivity contribution in [1.29, 1.82) is 0 Å². The van der Waals surface area contributed by atoms with E-state index in [2.05, 4.69) is 16.9 Å². The molecule has 0 amide bonds. The van der Waals surface area contributed by atoms with Crippen LogP contribution in [0.15, 0.2) is 36.7 Å². The van der Waals surface area contributed by atoms with Crippen LogP contribution in [-0.4, -0.2) is 51.5 Å². The number of aromatic nitrogens is 2. The molecule has 6 nitrogen and oxygen atoms in total. The summed E-state index contributed by atoms with van der Waals surface area (Å²) in [5.74, 6) is -0.160. The Morgan fingerprint density at radius 2 is 2.12 bits per heavy atom. The summed E-state index contributed by atoms with van der Waals surface area (Å²) in [7, 11) is 0. The van der Waals surface area contributed by atoms with Gasteiger partial charge in [0.05, 0.1) is 24.1 Å². The van der Waals surface area contributed by atoms with E-state index in [0.29, 0.717) is 12.6 Å². The number of rotatable bonds is 7. The van der Waals surface area contributed by atoms with E-state index in [1.165, 1.54) is 31.8 Å². The molecule has 2 heterocycles. The summed E-state index contributed by atoms with van der Waals surface area (Å²) in [6, 6.07) is 8.22. The molecular weight excluding hydrogens is 342 g/mol. The van der Waals surface area contributed by atoms with Crippen LogP contribution in [0.2, 0.25) is 0 Å². The smallest absolute Gasteiger partial charge is 0.338 e. The summed E-state index contributed by atoms with van der Waals surface area (Å²) in [5.41, 5.74) is 0.979. The second-order valence-electron chi connectivity index (χ2n) is 6.20. The first-order valence-electron chi connectivity index (χ1n) is 8.39. The summed E-state index contributed by atoms with van der Waals surface area (Å²) >= 11 is 0. The lowest BCUT2D eigenvalue weighted by Crippen LogP contribution is -2.28. The molecule has 1 N–H and O–H groups in total. The SMILES string of the molecule is C[C@@H]1CCCN1CCCOc1ccc(-n2cc(C(=O)O)cn2)cc1.Cl. The van der Waals surface area contributed by atoms with E-state index in [9.17, 15) is 4.79 Å². The molecule has 0 unspecified atom stereocenters. The second-order valence-corrected chi connectivity index (χ2v) is 6.20. The van der Waals surface area contributed by atoms with Crippen LogP contribution in [0.25, 0.3) is 5.69 Å². The number of benzene rings is 1. The number of carboxylic acid groups (broad SMARTS) is 1. The van der Waals surface area contributed by atoms with Gasteiger partial charge in [-0.25, -0.2) is 9.48 Å². The Hall–Kier alpha value is -2.05. The van der Waals surface area contributed by atoms with E-state index in [1.54, 1.807) is 4.68 Å². The summed E-state index contributed by atoms with van der Waals surface area (Å²) in [6.07, 6.45) is 6.47. The third-order valence-electron chi connectivity index (χ3n) is 4.48. The van der Waals surface area contributed by atoms with Crippen molar-refractivity contribution in [2.75, 3.05) is 19.7 Å². The minimum Gasteiger partial charge on any atom is -0.494 e. The third kappa shape index (κ3) is 4.96. The second kappa shape index (κ2) is 8.87. The highest BCUT2D eigenvalue weighted by Gasteiger charge is 2.19. The molecule has 0 spiro atoms. The first-order valence-corrected chi connectivity index (χ1v) is 8.39. The minimum atomic E-state index is -0.978. The maximum Gasteiger partial charge on any atom is 0.338 e. The van der Waals surface area contributed by atoms with E-state index < -0.39 is 5.97 Å². The highest BCUT2D eigenvalue weighted by Crippen LogP contribution is 2.18. The Morgan fingerprint density at radius 1 is 1.36 bits per heavy atom. The van der Waals surface area contributed by atoms with Crippen LogP contribution < -0.4 is 4.74 Å². The van der Waals surface area contributed by atoms with Crippen molar-refractivity contribution in [3.63, 3.8) is 0 Å². The number of aromatic carboxylic acids is 1. The average Bonchev–Trinajstić information content (AvgIpc) is 3.22. The average molecular weight is 366 g/mol. The van der Waals surface area contributed by atoms with Gasteiger partial charge >= 0.3 is 5.97 Å². The van der Waals surface area contributed by atoms with Crippen LogP contribution in [-0.2, 0) is 0 Å². The van der Waals surface area contributed by atoms with Crippen LogP contribution in [0.3, 0.4) is 0 Å². The van der Waals surface area contributed by atoms with Gasteiger partial charge in [0.2, 0.25) is 0 Å². The molecule has 1 saturated heterocycles. The number of hydrogen-bond donors (Lipinski definition) is 1. The first-order chi connectivity index (χ1) is 11.6. The van der Waals surface area contributed by atoms with Gasteiger partial charge in [-0.1, -0.05) is 0 Å². The Balaban J connectivity index is 0.00000225. The molecule has 1 aliphatic rings. The molecule has 0 aliphatic carbocycles. The summed E-state index contributed by atoms with van der Waals surface area (Å²) in [6.45, 7) is 5.29. The number of likely N-dealkylation sites (tertiary alicyclic amines) is 1. The molecule has 0 radical (unpaired) electrons. The molecule has 1 aromatic heterocycles. The van der Waals surface area contributed by atoms with Crippen LogP contribution in [0.4, 0.5) is 0 Å². The number of carbonyl (C=O) groups is 1. The zero-order chi connectivity index (χ0) is 16.9. The fourth-order valence-corrected chi connectivity index (χ4v) is 3.05. The summed E-state index contributed by atoms with van der Waals surface area (Å²) in [4.78, 5) is 13.4. The third-order valence-corrected chi connectivity index (χ3v) is 4.48. The zero-order valence-corrected chi connectivity index (χ0v) is 15.1. The Labute approximate surface area is 153 Å².